The molecule has 1 saturated heterocycles. The topological polar surface area (TPSA) is 119 Å². The Balaban J connectivity index is 0.000000187. The Hall–Kier alpha value is -1.61. The molecule has 1 aliphatic carbocycles. The predicted molar refractivity (Wildman–Crippen MR) is 97.3 cm³/mol. The standard InChI is InChI=1S/C9H16O3S.C8H12N2O3/c10-13(11,8-2-1-3-8)9-4-6-12-7-5-9;1-8(2,3)5-4-6(13-10-5)9-7(11)12/h8-9H,1-7H2;4,9H,1-3H3,(H,11,12). The molecule has 1 aromatic heterocycles. The molecule has 8 nitrogen and oxygen atoms in total. The van der Waals surface area contributed by atoms with Crippen molar-refractivity contribution in [3.05, 3.63) is 11.8 Å². The Kier molecular flexibility index (Phi) is 6.68. The second-order valence-corrected chi connectivity index (χ2v) is 10.2. The normalized spacial score (nSPS) is 19.2. The number of anilines is 1. The minimum Gasteiger partial charge on any atom is -0.465 e. The van der Waals surface area contributed by atoms with E-state index < -0.39 is 15.9 Å². The van der Waals surface area contributed by atoms with Crippen molar-refractivity contribution in [2.75, 3.05) is 18.5 Å². The molecule has 1 saturated carbocycles. The molecule has 9 heteroatoms. The highest BCUT2D eigenvalue weighted by atomic mass is 32.2. The van der Waals surface area contributed by atoms with E-state index in [1.165, 1.54) is 0 Å². The summed E-state index contributed by atoms with van der Waals surface area (Å²) in [5.74, 6) is 0.150. The number of amides is 1. The quantitative estimate of drug-likeness (QED) is 0.816. The largest absolute Gasteiger partial charge is 0.465 e. The molecule has 2 fully saturated rings. The van der Waals surface area contributed by atoms with E-state index in [-0.39, 0.29) is 21.8 Å². The monoisotopic (exact) mass is 388 g/mol. The first-order valence-corrected chi connectivity index (χ1v) is 10.5. The van der Waals surface area contributed by atoms with Gasteiger partial charge in [0.15, 0.2) is 9.84 Å². The molecule has 2 heterocycles. The molecule has 0 unspecified atom stereocenters. The van der Waals surface area contributed by atoms with Gasteiger partial charge in [-0.1, -0.05) is 32.3 Å². The summed E-state index contributed by atoms with van der Waals surface area (Å²) in [7, 11) is -2.81. The first-order valence-electron chi connectivity index (χ1n) is 8.88. The average molecular weight is 388 g/mol. The van der Waals surface area contributed by atoms with Crippen molar-refractivity contribution in [1.29, 1.82) is 0 Å². The van der Waals surface area contributed by atoms with E-state index in [0.717, 1.165) is 25.0 Å². The predicted octanol–water partition coefficient (Wildman–Crippen LogP) is 3.19. The maximum absolute atomic E-state index is 11.9. The number of aromatic nitrogens is 1. The Morgan fingerprint density at radius 2 is 1.77 bits per heavy atom. The minimum absolute atomic E-state index is 0.0180. The Morgan fingerprint density at radius 3 is 2.19 bits per heavy atom. The smallest absolute Gasteiger partial charge is 0.411 e. The Labute approximate surface area is 154 Å². The van der Waals surface area contributed by atoms with Gasteiger partial charge in [0.05, 0.1) is 16.2 Å². The third-order valence-corrected chi connectivity index (χ3v) is 7.46. The molecular formula is C17H28N2O6S. The highest BCUT2D eigenvalue weighted by molar-refractivity contribution is 7.92. The Bertz CT molecular complexity index is 697. The lowest BCUT2D eigenvalue weighted by atomic mass is 9.92. The minimum atomic E-state index is -2.81. The molecule has 0 aromatic carbocycles. The van der Waals surface area contributed by atoms with Gasteiger partial charge in [-0.25, -0.2) is 13.2 Å². The summed E-state index contributed by atoms with van der Waals surface area (Å²) in [5.41, 5.74) is 0.582. The van der Waals surface area contributed by atoms with Crippen molar-refractivity contribution >= 4 is 21.8 Å². The van der Waals surface area contributed by atoms with E-state index >= 15 is 0 Å². The van der Waals surface area contributed by atoms with Crippen molar-refractivity contribution in [3.63, 3.8) is 0 Å². The summed E-state index contributed by atoms with van der Waals surface area (Å²) >= 11 is 0. The fourth-order valence-electron chi connectivity index (χ4n) is 2.77. The zero-order valence-electron chi connectivity index (χ0n) is 15.5. The third-order valence-electron chi connectivity index (χ3n) is 4.66. The molecule has 148 valence electrons. The zero-order valence-corrected chi connectivity index (χ0v) is 16.3. The zero-order chi connectivity index (χ0) is 19.4. The van der Waals surface area contributed by atoms with Crippen molar-refractivity contribution in [3.8, 4) is 0 Å². The lowest BCUT2D eigenvalue weighted by Gasteiger charge is -2.31. The molecular weight excluding hydrogens is 360 g/mol. The van der Waals surface area contributed by atoms with Crippen LogP contribution in [0.5, 0.6) is 0 Å². The lowest BCUT2D eigenvalue weighted by molar-refractivity contribution is 0.0980. The summed E-state index contributed by atoms with van der Waals surface area (Å²) in [4.78, 5) is 10.2. The first-order chi connectivity index (χ1) is 12.1. The van der Waals surface area contributed by atoms with Crippen LogP contribution in [0.3, 0.4) is 0 Å². The molecule has 26 heavy (non-hydrogen) atoms. The summed E-state index contributed by atoms with van der Waals surface area (Å²) in [6.45, 7) is 7.15. The summed E-state index contributed by atoms with van der Waals surface area (Å²) in [6.07, 6.45) is 3.13. The lowest BCUT2D eigenvalue weighted by Crippen LogP contribution is -2.39. The van der Waals surface area contributed by atoms with Gasteiger partial charge in [0.1, 0.15) is 0 Å². The molecule has 2 aliphatic rings. The van der Waals surface area contributed by atoms with E-state index in [1.54, 1.807) is 6.07 Å². The van der Waals surface area contributed by atoms with Gasteiger partial charge in [-0.05, 0) is 25.7 Å². The average Bonchev–Trinajstić information content (AvgIpc) is 2.94. The van der Waals surface area contributed by atoms with Crippen molar-refractivity contribution < 1.29 is 27.6 Å². The van der Waals surface area contributed by atoms with Crippen LogP contribution >= 0.6 is 0 Å². The van der Waals surface area contributed by atoms with E-state index in [1.807, 2.05) is 20.8 Å². The number of carbonyl (C=O) groups is 1. The number of rotatable bonds is 3. The second-order valence-electron chi connectivity index (χ2n) is 7.71. The van der Waals surface area contributed by atoms with Gasteiger partial charge < -0.3 is 14.4 Å². The second kappa shape index (κ2) is 8.39. The van der Waals surface area contributed by atoms with Crippen LogP contribution in [0, 0.1) is 0 Å². The SMILES string of the molecule is CC(C)(C)c1cc(NC(=O)O)on1.O=S(=O)(C1CCC1)C1CCOCC1. The van der Waals surface area contributed by atoms with Gasteiger partial charge in [0.2, 0.25) is 5.88 Å². The highest BCUT2D eigenvalue weighted by Crippen LogP contribution is 2.31. The number of ether oxygens (including phenoxy) is 1. The van der Waals surface area contributed by atoms with Gasteiger partial charge >= 0.3 is 6.09 Å². The number of hydrogen-bond donors (Lipinski definition) is 2. The van der Waals surface area contributed by atoms with Crippen molar-refractivity contribution in [1.82, 2.24) is 5.16 Å². The number of nitrogens with zero attached hydrogens (tertiary/aromatic N) is 1. The van der Waals surface area contributed by atoms with Crippen LogP contribution in [-0.2, 0) is 20.0 Å². The number of sulfone groups is 1. The molecule has 0 radical (unpaired) electrons. The molecule has 1 aliphatic heterocycles. The maximum atomic E-state index is 11.9. The molecule has 3 rings (SSSR count). The van der Waals surface area contributed by atoms with E-state index in [4.69, 9.17) is 14.4 Å². The van der Waals surface area contributed by atoms with Gasteiger partial charge in [-0.3, -0.25) is 5.32 Å². The fraction of sp³-hybridized carbons (Fsp3) is 0.765. The van der Waals surface area contributed by atoms with Crippen LogP contribution in [0.4, 0.5) is 10.7 Å². The first kappa shape index (κ1) is 20.7. The van der Waals surface area contributed by atoms with E-state index in [2.05, 4.69) is 10.5 Å². The summed E-state index contributed by atoms with van der Waals surface area (Å²) in [6, 6.07) is 1.58. The number of nitrogens with one attached hydrogen (secondary N) is 1. The van der Waals surface area contributed by atoms with Crippen LogP contribution in [0.2, 0.25) is 0 Å². The molecule has 0 atom stereocenters. The fourth-order valence-corrected chi connectivity index (χ4v) is 5.15. The Morgan fingerprint density at radius 1 is 1.19 bits per heavy atom. The highest BCUT2D eigenvalue weighted by Gasteiger charge is 2.38. The number of hydrogen-bond acceptors (Lipinski definition) is 6. The van der Waals surface area contributed by atoms with Crippen LogP contribution in [0.25, 0.3) is 0 Å². The summed E-state index contributed by atoms with van der Waals surface area (Å²) < 4.78 is 33.7. The van der Waals surface area contributed by atoms with Crippen LogP contribution < -0.4 is 5.32 Å². The van der Waals surface area contributed by atoms with Gasteiger partial charge in [-0.15, -0.1) is 0 Å². The van der Waals surface area contributed by atoms with Crippen molar-refractivity contribution in [2.45, 2.75) is 68.8 Å². The molecule has 0 spiro atoms. The molecule has 2 N–H and O–H groups in total. The van der Waals surface area contributed by atoms with E-state index in [9.17, 15) is 13.2 Å². The van der Waals surface area contributed by atoms with Gasteiger partial charge in [-0.2, -0.15) is 0 Å². The van der Waals surface area contributed by atoms with Crippen LogP contribution in [0.1, 0.15) is 58.6 Å². The maximum Gasteiger partial charge on any atom is 0.411 e. The van der Waals surface area contributed by atoms with E-state index in [0.29, 0.717) is 26.1 Å². The van der Waals surface area contributed by atoms with Crippen molar-refractivity contribution in [2.24, 2.45) is 0 Å². The van der Waals surface area contributed by atoms with Gasteiger partial charge in [0, 0.05) is 24.7 Å². The third kappa shape index (κ3) is 5.44. The van der Waals surface area contributed by atoms with Crippen LogP contribution in [-0.4, -0.2) is 48.5 Å². The molecule has 1 amide bonds. The number of carboxylic acid groups (broad SMARTS) is 1. The van der Waals surface area contributed by atoms with Crippen LogP contribution in [0.15, 0.2) is 10.6 Å². The summed E-state index contributed by atoms with van der Waals surface area (Å²) in [5, 5.41) is 14.1. The molecule has 0 bridgehead atoms. The van der Waals surface area contributed by atoms with Gasteiger partial charge in [0.25, 0.3) is 0 Å². The molecule has 1 aromatic rings.